The number of esters is 3. The van der Waals surface area contributed by atoms with Gasteiger partial charge in [-0.15, -0.1) is 0 Å². The van der Waals surface area contributed by atoms with E-state index in [0.717, 1.165) is 67.1 Å². The first kappa shape index (κ1) is 48.2. The van der Waals surface area contributed by atoms with Crippen LogP contribution in [0.1, 0.15) is 145 Å². The molecule has 1 heterocycles. The zero-order chi connectivity index (χ0) is 44.6. The van der Waals surface area contributed by atoms with Crippen molar-refractivity contribution in [3.8, 4) is 0 Å². The lowest BCUT2D eigenvalue weighted by atomic mass is 9.43. The van der Waals surface area contributed by atoms with Crippen LogP contribution >= 0.6 is 0 Å². The van der Waals surface area contributed by atoms with Gasteiger partial charge in [-0.25, -0.2) is 0 Å². The van der Waals surface area contributed by atoms with E-state index in [9.17, 15) is 37.2 Å². The second kappa shape index (κ2) is 16.0. The number of Topliss-reactive ketones (excluding diaryl/α,β-unsaturated/α-hetero) is 1. The third kappa shape index (κ3) is 6.68. The van der Waals surface area contributed by atoms with Crippen LogP contribution in [0.4, 0.5) is 0 Å². The Balaban J connectivity index is 0.000000189. The largest absolute Gasteiger partial charge is 0.469 e. The Labute approximate surface area is 379 Å². The molecule has 12 atom stereocenters. The summed E-state index contributed by atoms with van der Waals surface area (Å²) in [4.78, 5) is 75.9. The van der Waals surface area contributed by atoms with Gasteiger partial charge in [0.1, 0.15) is 11.4 Å². The maximum absolute atomic E-state index is 13.2. The topological polar surface area (TPSA) is 173 Å². The number of carbonyl (C=O) groups is 6. The molecular formula is C51H70O12S. The molecule has 5 fully saturated rings. The van der Waals surface area contributed by atoms with Gasteiger partial charge in [-0.05, 0) is 129 Å². The van der Waals surface area contributed by atoms with Crippen LogP contribution in [0, 0.1) is 56.7 Å². The third-order valence-corrected chi connectivity index (χ3v) is 19.5. The van der Waals surface area contributed by atoms with E-state index in [2.05, 4.69) is 33.8 Å². The van der Waals surface area contributed by atoms with Crippen LogP contribution in [0.3, 0.4) is 0 Å². The Morgan fingerprint density at radius 1 is 0.781 bits per heavy atom. The van der Waals surface area contributed by atoms with Crippen molar-refractivity contribution in [1.29, 1.82) is 0 Å². The predicted molar refractivity (Wildman–Crippen MR) is 239 cm³/mol. The summed E-state index contributed by atoms with van der Waals surface area (Å²) >= 11 is 0. The highest BCUT2D eigenvalue weighted by atomic mass is 32.2. The zero-order valence-corrected chi connectivity index (χ0v) is 38.1. The molecule has 0 aromatic carbocycles. The fourth-order valence-corrected chi connectivity index (χ4v) is 16.4. The summed E-state index contributed by atoms with van der Waals surface area (Å²) in [6.45, 7) is 8.68. The standard InChI is InChI=1S/C25H34O8S.C24H28O4.2CH4/c1-23-8-5-15(26)11-14(23)12-16(22(28)31-3)20-17-6-9-25(10-7-19(27)32-25)24(17,2)13-18(21(20)23)33-34(4,29)30;1-22-8-5-18-20-16(21(27)28-3)13-14-12-15(25)4-10-23(14,2)17(20)6-11-24(18,22)19(26)7-9-22;;/h11,16-18,20-21H,5-10,12-13H2,1-4H3;5,12,16H,4,6-11,13H2,1-3H3;2*1H4/t16-,17?,18-,20?,21?,23?,24?,25-;16-,22+,23+,24-;;/m11../s1. The Morgan fingerprint density at radius 3 is 2.09 bits per heavy atom. The highest BCUT2D eigenvalue weighted by molar-refractivity contribution is 7.86. The molecule has 64 heavy (non-hydrogen) atoms. The van der Waals surface area contributed by atoms with Crippen LogP contribution in [-0.4, -0.2) is 75.9 Å². The molecule has 0 aromatic heterocycles. The Morgan fingerprint density at radius 2 is 1.45 bits per heavy atom. The molecule has 0 bridgehead atoms. The zero-order valence-electron chi connectivity index (χ0n) is 37.3. The van der Waals surface area contributed by atoms with Gasteiger partial charge in [0.25, 0.3) is 10.1 Å². The molecule has 4 saturated carbocycles. The van der Waals surface area contributed by atoms with Gasteiger partial charge >= 0.3 is 17.9 Å². The summed E-state index contributed by atoms with van der Waals surface area (Å²) < 4.78 is 47.1. The summed E-state index contributed by atoms with van der Waals surface area (Å²) in [5, 5.41) is 0. The smallest absolute Gasteiger partial charge is 0.313 e. The highest BCUT2D eigenvalue weighted by Crippen LogP contribution is 2.73. The average Bonchev–Trinajstić information content (AvgIpc) is 3.91. The fraction of sp³-hybridized carbons (Fsp3) is 0.725. The van der Waals surface area contributed by atoms with E-state index in [1.807, 2.05) is 0 Å². The van der Waals surface area contributed by atoms with E-state index in [1.165, 1.54) is 19.8 Å². The number of methoxy groups -OCH3 is 2. The summed E-state index contributed by atoms with van der Waals surface area (Å²) in [6, 6.07) is 0. The number of ketones is 3. The second-order valence-electron chi connectivity index (χ2n) is 21.4. The highest BCUT2D eigenvalue weighted by Gasteiger charge is 2.72. The van der Waals surface area contributed by atoms with E-state index >= 15 is 0 Å². The van der Waals surface area contributed by atoms with Gasteiger partial charge in [0.2, 0.25) is 0 Å². The minimum absolute atomic E-state index is 0. The summed E-state index contributed by atoms with van der Waals surface area (Å²) in [5.74, 6) is -1.60. The first-order valence-electron chi connectivity index (χ1n) is 22.8. The van der Waals surface area contributed by atoms with Crippen LogP contribution in [0.25, 0.3) is 0 Å². The van der Waals surface area contributed by atoms with Gasteiger partial charge in [0.05, 0.1) is 43.8 Å². The SMILES string of the molecule is C.C.COC(=O)[C@@H]1CC2=CC(=O)CCC2(C)C2C1C1CC[C@@]3(CCC(=O)O3)C1(C)C[C@H]2OS(C)(=O)=O.COC(=O)[C@@H]1CC2=CC(=O)CC[C@]2(C)C2=C1C1=CC[C@@]3(C)CCC(=O)[C@@]13CC2. The number of ether oxygens (including phenoxy) is 3. The fourth-order valence-electron chi connectivity index (χ4n) is 15.8. The summed E-state index contributed by atoms with van der Waals surface area (Å²) in [7, 11) is -1.00. The molecular weight excluding hydrogens is 837 g/mol. The number of rotatable bonds is 4. The van der Waals surface area contributed by atoms with Gasteiger partial charge in [-0.1, -0.05) is 65.3 Å². The Hall–Kier alpha value is -3.71. The van der Waals surface area contributed by atoms with Gasteiger partial charge in [0.15, 0.2) is 11.6 Å². The molecule has 10 aliphatic rings. The molecule has 2 spiro atoms. The van der Waals surface area contributed by atoms with Crippen molar-refractivity contribution < 1.29 is 55.6 Å². The van der Waals surface area contributed by atoms with Gasteiger partial charge < -0.3 is 14.2 Å². The normalized spacial score (nSPS) is 42.5. The maximum Gasteiger partial charge on any atom is 0.313 e. The van der Waals surface area contributed by atoms with E-state index in [1.54, 1.807) is 12.2 Å². The summed E-state index contributed by atoms with van der Waals surface area (Å²) in [6.07, 6.45) is 16.4. The molecule has 13 heteroatoms. The van der Waals surface area contributed by atoms with Gasteiger partial charge in [-0.2, -0.15) is 8.42 Å². The Kier molecular flexibility index (Phi) is 12.0. The van der Waals surface area contributed by atoms with Crippen LogP contribution in [0.2, 0.25) is 0 Å². The molecule has 12 nitrogen and oxygen atoms in total. The molecule has 352 valence electrons. The molecule has 10 rings (SSSR count). The number of hydrogen-bond acceptors (Lipinski definition) is 12. The molecule has 9 aliphatic carbocycles. The monoisotopic (exact) mass is 906 g/mol. The molecule has 1 saturated heterocycles. The minimum Gasteiger partial charge on any atom is -0.469 e. The van der Waals surface area contributed by atoms with Crippen LogP contribution in [-0.2, 0) is 57.3 Å². The minimum atomic E-state index is -3.80. The molecule has 0 radical (unpaired) electrons. The quantitative estimate of drug-likeness (QED) is 0.150. The summed E-state index contributed by atoms with van der Waals surface area (Å²) in [5.41, 5.74) is 3.23. The Bertz CT molecular complexity index is 2320. The molecule has 0 N–H and O–H groups in total. The lowest BCUT2D eigenvalue weighted by molar-refractivity contribution is -0.193. The van der Waals surface area contributed by atoms with Crippen molar-refractivity contribution in [3.05, 3.63) is 46.1 Å². The van der Waals surface area contributed by atoms with Crippen LogP contribution < -0.4 is 0 Å². The van der Waals surface area contributed by atoms with E-state index in [-0.39, 0.29) is 72.9 Å². The van der Waals surface area contributed by atoms with Gasteiger partial charge in [-0.3, -0.25) is 33.0 Å². The number of hydrogen-bond donors (Lipinski definition) is 0. The number of allylic oxidation sites excluding steroid dienone is 6. The van der Waals surface area contributed by atoms with Crippen molar-refractivity contribution in [3.63, 3.8) is 0 Å². The lowest BCUT2D eigenvalue weighted by Crippen LogP contribution is -2.63. The lowest BCUT2D eigenvalue weighted by Gasteiger charge is -2.62. The van der Waals surface area contributed by atoms with E-state index in [4.69, 9.17) is 18.4 Å². The first-order chi connectivity index (χ1) is 29.1. The van der Waals surface area contributed by atoms with E-state index < -0.39 is 49.9 Å². The number of fused-ring (bicyclic) bond motifs is 9. The van der Waals surface area contributed by atoms with Crippen molar-refractivity contribution in [2.24, 2.45) is 56.7 Å². The maximum atomic E-state index is 13.2. The number of carbonyl (C=O) groups excluding carboxylic acids is 6. The average molecular weight is 907 g/mol. The van der Waals surface area contributed by atoms with Crippen LogP contribution in [0.5, 0.6) is 0 Å². The van der Waals surface area contributed by atoms with Crippen molar-refractivity contribution in [1.82, 2.24) is 0 Å². The first-order valence-corrected chi connectivity index (χ1v) is 24.6. The molecule has 0 amide bonds. The second-order valence-corrected chi connectivity index (χ2v) is 23.0. The van der Waals surface area contributed by atoms with Crippen molar-refractivity contribution >= 4 is 45.4 Å². The van der Waals surface area contributed by atoms with Crippen molar-refractivity contribution in [2.45, 2.75) is 157 Å². The molecule has 0 aromatic rings. The van der Waals surface area contributed by atoms with Crippen LogP contribution in [0.15, 0.2) is 46.1 Å². The third-order valence-electron chi connectivity index (χ3n) is 18.9. The van der Waals surface area contributed by atoms with Crippen molar-refractivity contribution in [2.75, 3.05) is 20.5 Å². The predicted octanol–water partition coefficient (Wildman–Crippen LogP) is 8.47. The molecule has 1 aliphatic heterocycles. The van der Waals surface area contributed by atoms with E-state index in [0.29, 0.717) is 70.0 Å². The molecule has 5 unspecified atom stereocenters. The van der Waals surface area contributed by atoms with Gasteiger partial charge in [0, 0.05) is 36.5 Å².